The molecule has 0 saturated carbocycles. The van der Waals surface area contributed by atoms with E-state index in [1.807, 2.05) is 0 Å². The highest BCUT2D eigenvalue weighted by atomic mass is 17.0. The molecule has 88 valence electrons. The molecular weight excluding hydrogens is 206 g/mol. The van der Waals surface area contributed by atoms with Gasteiger partial charge in [0, 0.05) is 5.57 Å². The van der Waals surface area contributed by atoms with Gasteiger partial charge < -0.3 is 14.9 Å². The number of esters is 1. The third kappa shape index (κ3) is 5.45. The van der Waals surface area contributed by atoms with Gasteiger partial charge in [-0.1, -0.05) is 6.58 Å². The van der Waals surface area contributed by atoms with Crippen molar-refractivity contribution < 1.29 is 29.4 Å². The number of rotatable bonds is 7. The lowest BCUT2D eigenvalue weighted by Gasteiger charge is -2.24. The minimum absolute atomic E-state index is 0.217. The molecule has 0 aliphatic carbocycles. The van der Waals surface area contributed by atoms with Crippen LogP contribution in [0.4, 0.5) is 0 Å². The fourth-order valence-electron chi connectivity index (χ4n) is 0.660. The van der Waals surface area contributed by atoms with Crippen LogP contribution < -0.4 is 0 Å². The topological polar surface area (TPSA) is 88.5 Å². The summed E-state index contributed by atoms with van der Waals surface area (Å²) in [6, 6.07) is 0. The summed E-state index contributed by atoms with van der Waals surface area (Å²) in [5.41, 5.74) is 0.217. The van der Waals surface area contributed by atoms with Crippen molar-refractivity contribution in [2.24, 2.45) is 0 Å². The van der Waals surface area contributed by atoms with E-state index >= 15 is 0 Å². The molecule has 0 heterocycles. The minimum Gasteiger partial charge on any atom is -0.439 e. The van der Waals surface area contributed by atoms with Crippen molar-refractivity contribution in [3.63, 3.8) is 0 Å². The number of nitrogens with zero attached hydrogens (tertiary/aromatic N) is 1. The van der Waals surface area contributed by atoms with Gasteiger partial charge in [0.2, 0.25) is 6.23 Å². The van der Waals surface area contributed by atoms with Crippen molar-refractivity contribution in [1.29, 1.82) is 0 Å². The fraction of sp³-hybridized carbons (Fsp3) is 0.625. The number of carbonyl (C=O) groups excluding carboxylic acids is 1. The van der Waals surface area contributed by atoms with E-state index in [0.29, 0.717) is 5.23 Å². The monoisotopic (exact) mass is 221 g/mol. The quantitative estimate of drug-likeness (QED) is 0.260. The Bertz CT molecular complexity index is 213. The van der Waals surface area contributed by atoms with E-state index < -0.39 is 25.8 Å². The van der Waals surface area contributed by atoms with Gasteiger partial charge in [-0.15, -0.1) is 0 Å². The first-order valence-electron chi connectivity index (χ1n) is 4.16. The van der Waals surface area contributed by atoms with Crippen molar-refractivity contribution in [2.75, 3.05) is 13.6 Å². The molecule has 0 aliphatic rings. The van der Waals surface area contributed by atoms with Crippen LogP contribution in [-0.4, -0.2) is 41.2 Å². The Hall–Kier alpha value is -0.990. The maximum absolute atomic E-state index is 11.1. The van der Waals surface area contributed by atoms with Gasteiger partial charge in [-0.05, 0) is 19.1 Å². The van der Waals surface area contributed by atoms with Crippen LogP contribution in [0.2, 0.25) is 0 Å². The maximum atomic E-state index is 11.1. The molecular formula is C8H15NO6. The van der Waals surface area contributed by atoms with Crippen LogP contribution in [-0.2, 0) is 19.2 Å². The molecule has 0 aromatic carbocycles. The largest absolute Gasteiger partial charge is 0.439 e. The fourth-order valence-corrected chi connectivity index (χ4v) is 0.660. The van der Waals surface area contributed by atoms with Gasteiger partial charge in [0.15, 0.2) is 13.6 Å². The normalized spacial score (nSPS) is 12.6. The molecule has 7 nitrogen and oxygen atoms in total. The second-order valence-corrected chi connectivity index (χ2v) is 2.59. The number of hydrogen-bond acceptors (Lipinski definition) is 7. The van der Waals surface area contributed by atoms with E-state index in [9.17, 15) is 4.79 Å². The summed E-state index contributed by atoms with van der Waals surface area (Å²) in [5.74, 6) is -0.629. The summed E-state index contributed by atoms with van der Waals surface area (Å²) in [4.78, 5) is 20.1. The molecule has 1 atom stereocenters. The van der Waals surface area contributed by atoms with Gasteiger partial charge in [-0.3, -0.25) is 0 Å². The predicted octanol–water partition coefficient (Wildman–Crippen LogP) is -0.483. The molecule has 0 amide bonds. The SMILES string of the molecule is C=C(C)C(=O)OC(C)N(OCO)OCO. The lowest BCUT2D eigenvalue weighted by molar-refractivity contribution is -0.443. The summed E-state index contributed by atoms with van der Waals surface area (Å²) >= 11 is 0. The first-order chi connectivity index (χ1) is 7.02. The average Bonchev–Trinajstić information content (AvgIpc) is 2.17. The van der Waals surface area contributed by atoms with Crippen molar-refractivity contribution in [2.45, 2.75) is 20.1 Å². The molecule has 0 radical (unpaired) electrons. The van der Waals surface area contributed by atoms with Gasteiger partial charge in [-0.2, -0.15) is 0 Å². The van der Waals surface area contributed by atoms with Gasteiger partial charge in [0.1, 0.15) is 0 Å². The first-order valence-corrected chi connectivity index (χ1v) is 4.16. The van der Waals surface area contributed by atoms with E-state index in [2.05, 4.69) is 16.3 Å². The van der Waals surface area contributed by atoms with Gasteiger partial charge in [0.25, 0.3) is 0 Å². The Labute approximate surface area is 87.4 Å². The lowest BCUT2D eigenvalue weighted by Crippen LogP contribution is -2.37. The molecule has 0 spiro atoms. The molecule has 0 saturated heterocycles. The van der Waals surface area contributed by atoms with Crippen LogP contribution >= 0.6 is 0 Å². The second-order valence-electron chi connectivity index (χ2n) is 2.59. The third-order valence-corrected chi connectivity index (χ3v) is 1.29. The summed E-state index contributed by atoms with van der Waals surface area (Å²) in [5, 5.41) is 17.6. The van der Waals surface area contributed by atoms with Crippen molar-refractivity contribution in [3.05, 3.63) is 12.2 Å². The molecule has 0 aliphatic heterocycles. The van der Waals surface area contributed by atoms with Crippen LogP contribution in [0.25, 0.3) is 0 Å². The molecule has 2 N–H and O–H groups in total. The highest BCUT2D eigenvalue weighted by Gasteiger charge is 2.19. The molecule has 0 rings (SSSR count). The van der Waals surface area contributed by atoms with Gasteiger partial charge in [0.05, 0.1) is 0 Å². The summed E-state index contributed by atoms with van der Waals surface area (Å²) in [7, 11) is 0. The zero-order valence-electron chi connectivity index (χ0n) is 8.67. The standard InChI is InChI=1S/C8H15NO6/c1-6(2)8(12)15-7(3)9(13-4-10)14-5-11/h7,10-11H,1,4-5H2,2-3H3. The highest BCUT2D eigenvalue weighted by molar-refractivity contribution is 5.87. The summed E-state index contributed by atoms with van der Waals surface area (Å²) in [6.07, 6.45) is -0.923. The van der Waals surface area contributed by atoms with E-state index in [0.717, 1.165) is 0 Å². The smallest absolute Gasteiger partial charge is 0.334 e. The summed E-state index contributed by atoms with van der Waals surface area (Å²) < 4.78 is 4.79. The van der Waals surface area contributed by atoms with Crippen LogP contribution in [0.5, 0.6) is 0 Å². The van der Waals surface area contributed by atoms with Crippen LogP contribution in [0.15, 0.2) is 12.2 Å². The van der Waals surface area contributed by atoms with E-state index in [4.69, 9.17) is 14.9 Å². The third-order valence-electron chi connectivity index (χ3n) is 1.29. The lowest BCUT2D eigenvalue weighted by atomic mass is 10.4. The van der Waals surface area contributed by atoms with E-state index in [1.54, 1.807) is 0 Å². The van der Waals surface area contributed by atoms with Crippen LogP contribution in [0.3, 0.4) is 0 Å². The Morgan fingerprint density at radius 1 is 1.40 bits per heavy atom. The molecule has 15 heavy (non-hydrogen) atoms. The molecule has 0 aromatic rings. The second kappa shape index (κ2) is 7.32. The molecule has 1 unspecified atom stereocenters. The maximum Gasteiger partial charge on any atom is 0.334 e. The van der Waals surface area contributed by atoms with Gasteiger partial charge >= 0.3 is 5.97 Å². The average molecular weight is 221 g/mol. The Morgan fingerprint density at radius 3 is 2.20 bits per heavy atom. The minimum atomic E-state index is -0.923. The zero-order chi connectivity index (χ0) is 11.8. The highest BCUT2D eigenvalue weighted by Crippen LogP contribution is 2.05. The number of hydroxylamine groups is 2. The molecule has 7 heteroatoms. The van der Waals surface area contributed by atoms with Crippen LogP contribution in [0, 0.1) is 0 Å². The zero-order valence-corrected chi connectivity index (χ0v) is 8.67. The van der Waals surface area contributed by atoms with Crippen molar-refractivity contribution in [3.8, 4) is 0 Å². The number of carbonyl (C=O) groups is 1. The number of ether oxygens (including phenoxy) is 1. The van der Waals surface area contributed by atoms with Crippen molar-refractivity contribution >= 4 is 5.97 Å². The molecule has 0 bridgehead atoms. The van der Waals surface area contributed by atoms with E-state index in [1.165, 1.54) is 13.8 Å². The predicted molar refractivity (Wildman–Crippen MR) is 48.5 cm³/mol. The summed E-state index contributed by atoms with van der Waals surface area (Å²) in [6.45, 7) is 4.96. The Balaban J connectivity index is 4.17. The molecule has 0 fully saturated rings. The Morgan fingerprint density at radius 2 is 1.87 bits per heavy atom. The molecule has 0 aromatic heterocycles. The number of aliphatic hydroxyl groups excluding tert-OH is 2. The number of hydrogen-bond donors (Lipinski definition) is 2. The number of aliphatic hydroxyl groups is 2. The Kier molecular flexibility index (Phi) is 6.84. The van der Waals surface area contributed by atoms with Crippen LogP contribution in [0.1, 0.15) is 13.8 Å². The van der Waals surface area contributed by atoms with Crippen molar-refractivity contribution in [1.82, 2.24) is 5.23 Å². The van der Waals surface area contributed by atoms with E-state index in [-0.39, 0.29) is 5.57 Å². The first kappa shape index (κ1) is 14.0. The van der Waals surface area contributed by atoms with Gasteiger partial charge in [-0.25, -0.2) is 14.5 Å².